The molecule has 1 aromatic rings. The maximum absolute atomic E-state index is 10.3. The molecule has 80 valence electrons. The molecule has 0 saturated heterocycles. The minimum absolute atomic E-state index is 0.668. The first-order valence-electron chi connectivity index (χ1n) is 4.20. The SMILES string of the molecule is Cc1cc(C)cc(C#COP(=O)(O)O)c1. The van der Waals surface area contributed by atoms with Crippen LogP contribution in [0.2, 0.25) is 0 Å². The molecule has 5 heteroatoms. The lowest BCUT2D eigenvalue weighted by molar-refractivity contribution is 0.269. The molecule has 4 nitrogen and oxygen atoms in total. The molecule has 0 fully saturated rings. The van der Waals surface area contributed by atoms with Crippen LogP contribution in [0.1, 0.15) is 16.7 Å². The predicted octanol–water partition coefficient (Wildman–Crippen LogP) is 1.72. The largest absolute Gasteiger partial charge is 0.533 e. The Balaban J connectivity index is 2.85. The van der Waals surface area contributed by atoms with E-state index >= 15 is 0 Å². The first-order chi connectivity index (χ1) is 6.87. The van der Waals surface area contributed by atoms with E-state index in [0.717, 1.165) is 11.1 Å². The van der Waals surface area contributed by atoms with Crippen LogP contribution in [0.5, 0.6) is 0 Å². The smallest absolute Gasteiger partial charge is 0.350 e. The topological polar surface area (TPSA) is 66.8 Å². The molecule has 0 aliphatic heterocycles. The number of benzene rings is 1. The molecule has 0 bridgehead atoms. The second-order valence-electron chi connectivity index (χ2n) is 3.19. The molecular formula is C10H11O4P. The third-order valence-corrected chi connectivity index (χ3v) is 1.91. The number of phosphoric acid groups is 1. The van der Waals surface area contributed by atoms with Gasteiger partial charge in [-0.25, -0.2) is 4.57 Å². The molecule has 0 aromatic heterocycles. The van der Waals surface area contributed by atoms with Gasteiger partial charge in [0.05, 0.1) is 0 Å². The Morgan fingerprint density at radius 3 is 2.20 bits per heavy atom. The van der Waals surface area contributed by atoms with Gasteiger partial charge < -0.3 is 4.52 Å². The summed E-state index contributed by atoms with van der Waals surface area (Å²) in [6.07, 6.45) is 1.98. The molecule has 0 radical (unpaired) electrons. The average molecular weight is 226 g/mol. The molecule has 0 saturated carbocycles. The van der Waals surface area contributed by atoms with Crippen molar-refractivity contribution < 1.29 is 18.9 Å². The number of hydrogen-bond donors (Lipinski definition) is 2. The summed E-state index contributed by atoms with van der Waals surface area (Å²) in [6.45, 7) is 3.84. The third kappa shape index (κ3) is 4.66. The molecule has 2 N–H and O–H groups in total. The van der Waals surface area contributed by atoms with E-state index < -0.39 is 7.82 Å². The average Bonchev–Trinajstić information content (AvgIpc) is 1.99. The van der Waals surface area contributed by atoms with Gasteiger partial charge in [0.15, 0.2) is 0 Å². The van der Waals surface area contributed by atoms with Crippen LogP contribution >= 0.6 is 7.82 Å². The minimum Gasteiger partial charge on any atom is -0.350 e. The second-order valence-corrected chi connectivity index (χ2v) is 4.35. The van der Waals surface area contributed by atoms with Crippen LogP contribution in [0.15, 0.2) is 18.2 Å². The normalized spacial score (nSPS) is 10.4. The standard InChI is InChI=1S/C10H11O4P/c1-8-5-9(2)7-10(6-8)3-4-14-15(11,12)13/h5-7H,1-2H3,(H2,11,12,13). The van der Waals surface area contributed by atoms with Crippen molar-refractivity contribution in [3.05, 3.63) is 34.9 Å². The molecule has 15 heavy (non-hydrogen) atoms. The molecule has 0 spiro atoms. The van der Waals surface area contributed by atoms with Crippen molar-refractivity contribution >= 4 is 7.82 Å². The van der Waals surface area contributed by atoms with Crippen molar-refractivity contribution in [2.75, 3.05) is 0 Å². The Hall–Kier alpha value is -1.27. The van der Waals surface area contributed by atoms with Crippen LogP contribution in [0, 0.1) is 25.9 Å². The zero-order valence-corrected chi connectivity index (χ0v) is 9.28. The maximum Gasteiger partial charge on any atom is 0.533 e. The predicted molar refractivity (Wildman–Crippen MR) is 55.9 cm³/mol. The van der Waals surface area contributed by atoms with Gasteiger partial charge in [-0.15, -0.1) is 0 Å². The van der Waals surface area contributed by atoms with Gasteiger partial charge in [0.2, 0.25) is 0 Å². The number of phosphoric ester groups is 1. The van der Waals surface area contributed by atoms with E-state index in [4.69, 9.17) is 9.79 Å². The van der Waals surface area contributed by atoms with Crippen LogP contribution in [0.3, 0.4) is 0 Å². The van der Waals surface area contributed by atoms with Gasteiger partial charge in [0, 0.05) is 5.56 Å². The maximum atomic E-state index is 10.3. The lowest BCUT2D eigenvalue weighted by atomic mass is 10.1. The third-order valence-electron chi connectivity index (χ3n) is 1.58. The van der Waals surface area contributed by atoms with Crippen LogP contribution in [-0.4, -0.2) is 9.79 Å². The van der Waals surface area contributed by atoms with Gasteiger partial charge in [0.1, 0.15) is 6.11 Å². The first-order valence-corrected chi connectivity index (χ1v) is 5.73. The summed E-state index contributed by atoms with van der Waals surface area (Å²) in [4.78, 5) is 16.8. The van der Waals surface area contributed by atoms with Crippen molar-refractivity contribution in [3.8, 4) is 12.0 Å². The van der Waals surface area contributed by atoms with E-state index in [1.54, 1.807) is 0 Å². The number of hydrogen-bond acceptors (Lipinski definition) is 2. The van der Waals surface area contributed by atoms with E-state index in [-0.39, 0.29) is 0 Å². The van der Waals surface area contributed by atoms with Crippen LogP contribution in [0.25, 0.3) is 0 Å². The van der Waals surface area contributed by atoms with Gasteiger partial charge in [-0.3, -0.25) is 9.79 Å². The summed E-state index contributed by atoms with van der Waals surface area (Å²) < 4.78 is 14.3. The molecule has 1 rings (SSSR count). The minimum atomic E-state index is -4.50. The molecule has 0 aliphatic rings. The lowest BCUT2D eigenvalue weighted by Gasteiger charge is -1.98. The fourth-order valence-corrected chi connectivity index (χ4v) is 1.35. The Morgan fingerprint density at radius 1 is 1.20 bits per heavy atom. The summed E-state index contributed by atoms with van der Waals surface area (Å²) in [6, 6.07) is 5.60. The molecule has 0 atom stereocenters. The Kier molecular flexibility index (Phi) is 3.54. The van der Waals surface area contributed by atoms with Gasteiger partial charge >= 0.3 is 7.82 Å². The number of aryl methyl sites for hydroxylation is 2. The van der Waals surface area contributed by atoms with Crippen molar-refractivity contribution in [2.24, 2.45) is 0 Å². The quantitative estimate of drug-likeness (QED) is 0.565. The summed E-state index contributed by atoms with van der Waals surface area (Å²) in [5.41, 5.74) is 2.74. The number of rotatable bonds is 1. The highest BCUT2D eigenvalue weighted by molar-refractivity contribution is 7.46. The van der Waals surface area contributed by atoms with Gasteiger partial charge in [-0.2, -0.15) is 0 Å². The van der Waals surface area contributed by atoms with Gasteiger partial charge in [-0.05, 0) is 43.0 Å². The molecule has 1 aromatic carbocycles. The fourth-order valence-electron chi connectivity index (χ4n) is 1.19. The van der Waals surface area contributed by atoms with Crippen LogP contribution in [-0.2, 0) is 9.09 Å². The highest BCUT2D eigenvalue weighted by Crippen LogP contribution is 2.34. The summed E-state index contributed by atoms with van der Waals surface area (Å²) >= 11 is 0. The van der Waals surface area contributed by atoms with E-state index in [2.05, 4.69) is 10.4 Å². The zero-order valence-electron chi connectivity index (χ0n) is 8.39. The summed E-state index contributed by atoms with van der Waals surface area (Å²) in [7, 11) is -4.50. The molecule has 0 aliphatic carbocycles. The van der Waals surface area contributed by atoms with Gasteiger partial charge in [-0.1, -0.05) is 6.07 Å². The highest BCUT2D eigenvalue weighted by Gasteiger charge is 2.11. The van der Waals surface area contributed by atoms with E-state index in [9.17, 15) is 4.57 Å². The summed E-state index contributed by atoms with van der Waals surface area (Å²) in [5.74, 6) is 2.52. The summed E-state index contributed by atoms with van der Waals surface area (Å²) in [5, 5.41) is 0. The van der Waals surface area contributed by atoms with Crippen LogP contribution in [0.4, 0.5) is 0 Å². The van der Waals surface area contributed by atoms with Gasteiger partial charge in [0.25, 0.3) is 0 Å². The van der Waals surface area contributed by atoms with E-state index in [0.29, 0.717) is 5.56 Å². The molecule has 0 heterocycles. The molecule has 0 unspecified atom stereocenters. The lowest BCUT2D eigenvalue weighted by Crippen LogP contribution is -1.82. The monoisotopic (exact) mass is 226 g/mol. The Bertz CT molecular complexity index is 444. The van der Waals surface area contributed by atoms with Crippen LogP contribution < -0.4 is 0 Å². The Morgan fingerprint density at radius 2 is 1.73 bits per heavy atom. The van der Waals surface area contributed by atoms with Crippen molar-refractivity contribution in [1.82, 2.24) is 0 Å². The Labute approximate surface area is 88.1 Å². The molecular weight excluding hydrogens is 215 g/mol. The van der Waals surface area contributed by atoms with Crippen molar-refractivity contribution in [3.63, 3.8) is 0 Å². The molecule has 0 amide bonds. The fraction of sp³-hybridized carbons (Fsp3) is 0.200. The van der Waals surface area contributed by atoms with Crippen molar-refractivity contribution in [1.29, 1.82) is 0 Å². The first kappa shape index (κ1) is 11.8. The second kappa shape index (κ2) is 4.50. The highest BCUT2D eigenvalue weighted by atomic mass is 31.2. The zero-order chi connectivity index (χ0) is 11.5. The van der Waals surface area contributed by atoms with Crippen molar-refractivity contribution in [2.45, 2.75) is 13.8 Å². The van der Waals surface area contributed by atoms with E-state index in [1.165, 1.54) is 0 Å². The van der Waals surface area contributed by atoms with E-state index in [1.807, 2.05) is 38.2 Å².